The molecule has 4 heteroatoms. The second-order valence-corrected chi connectivity index (χ2v) is 6.63. The first-order chi connectivity index (χ1) is 11.9. The minimum Gasteiger partial charge on any atom is -0.507 e. The Bertz CT molecular complexity index is 951. The lowest BCUT2D eigenvalue weighted by Gasteiger charge is -2.14. The average Bonchev–Trinajstić information content (AvgIpc) is 2.59. The Morgan fingerprint density at radius 3 is 2.20 bits per heavy atom. The molecule has 0 saturated carbocycles. The van der Waals surface area contributed by atoms with Gasteiger partial charge in [-0.1, -0.05) is 23.7 Å². The quantitative estimate of drug-likeness (QED) is 0.655. The average molecular weight is 354 g/mol. The maximum absolute atomic E-state index is 10.9. The molecule has 128 valence electrons. The standard InChI is InChI=1S/C21H20ClNO2/c1-12-7-17(15-6-5-13(2)19(22)10-15)20(24)18(8-12)16-9-14(3)21(25-4)23-11-16/h5-11,24H,1-4H3. The van der Waals surface area contributed by atoms with Gasteiger partial charge in [0.2, 0.25) is 5.88 Å². The van der Waals surface area contributed by atoms with Gasteiger partial charge in [0.15, 0.2) is 0 Å². The molecule has 3 rings (SSSR count). The van der Waals surface area contributed by atoms with Gasteiger partial charge < -0.3 is 9.84 Å². The van der Waals surface area contributed by atoms with Crippen molar-refractivity contribution in [2.75, 3.05) is 7.11 Å². The molecule has 1 N–H and O–H groups in total. The molecule has 0 fully saturated rings. The van der Waals surface area contributed by atoms with E-state index in [-0.39, 0.29) is 5.75 Å². The monoisotopic (exact) mass is 353 g/mol. The van der Waals surface area contributed by atoms with Crippen LogP contribution in [0.5, 0.6) is 11.6 Å². The fraction of sp³-hybridized carbons (Fsp3) is 0.190. The fourth-order valence-electron chi connectivity index (χ4n) is 2.90. The van der Waals surface area contributed by atoms with E-state index >= 15 is 0 Å². The van der Waals surface area contributed by atoms with Crippen LogP contribution in [0.1, 0.15) is 16.7 Å². The van der Waals surface area contributed by atoms with Gasteiger partial charge in [0.05, 0.1) is 7.11 Å². The molecule has 25 heavy (non-hydrogen) atoms. The van der Waals surface area contributed by atoms with Crippen LogP contribution in [0.2, 0.25) is 5.02 Å². The molecule has 0 saturated heterocycles. The van der Waals surface area contributed by atoms with Crippen molar-refractivity contribution in [2.24, 2.45) is 0 Å². The summed E-state index contributed by atoms with van der Waals surface area (Å²) in [6, 6.07) is 11.7. The number of ether oxygens (including phenoxy) is 1. The largest absolute Gasteiger partial charge is 0.507 e. The number of hydrogen-bond acceptors (Lipinski definition) is 3. The number of methoxy groups -OCH3 is 1. The van der Waals surface area contributed by atoms with E-state index in [9.17, 15) is 5.11 Å². The number of rotatable bonds is 3. The van der Waals surface area contributed by atoms with Gasteiger partial charge in [0.1, 0.15) is 5.75 Å². The molecule has 0 radical (unpaired) electrons. The molecule has 0 bridgehead atoms. The third-order valence-electron chi connectivity index (χ3n) is 4.27. The van der Waals surface area contributed by atoms with E-state index in [1.54, 1.807) is 13.3 Å². The molecule has 0 aliphatic heterocycles. The minimum atomic E-state index is 0.219. The predicted molar refractivity (Wildman–Crippen MR) is 103 cm³/mol. The number of pyridine rings is 1. The normalized spacial score (nSPS) is 10.8. The van der Waals surface area contributed by atoms with Crippen LogP contribution in [-0.4, -0.2) is 17.2 Å². The third-order valence-corrected chi connectivity index (χ3v) is 4.68. The van der Waals surface area contributed by atoms with Crippen molar-refractivity contribution in [3.8, 4) is 33.9 Å². The van der Waals surface area contributed by atoms with Crippen molar-refractivity contribution in [3.05, 3.63) is 64.3 Å². The Kier molecular flexibility index (Phi) is 4.69. The SMILES string of the molecule is COc1ncc(-c2cc(C)cc(-c3ccc(C)c(Cl)c3)c2O)cc1C. The first-order valence-electron chi connectivity index (χ1n) is 8.02. The Labute approximate surface area is 152 Å². The van der Waals surface area contributed by atoms with Crippen LogP contribution in [0, 0.1) is 20.8 Å². The number of nitrogens with zero attached hydrogens (tertiary/aromatic N) is 1. The number of halogens is 1. The molecule has 0 spiro atoms. The van der Waals surface area contributed by atoms with E-state index < -0.39 is 0 Å². The highest BCUT2D eigenvalue weighted by atomic mass is 35.5. The molecule has 1 aromatic heterocycles. The maximum atomic E-state index is 10.9. The van der Waals surface area contributed by atoms with Crippen LogP contribution in [0.4, 0.5) is 0 Å². The second-order valence-electron chi connectivity index (χ2n) is 6.22. The lowest BCUT2D eigenvalue weighted by Crippen LogP contribution is -1.93. The lowest BCUT2D eigenvalue weighted by molar-refractivity contribution is 0.394. The minimum absolute atomic E-state index is 0.219. The summed E-state index contributed by atoms with van der Waals surface area (Å²) in [4.78, 5) is 4.32. The number of hydrogen-bond donors (Lipinski definition) is 1. The van der Waals surface area contributed by atoms with E-state index in [0.717, 1.165) is 38.9 Å². The third kappa shape index (κ3) is 3.33. The van der Waals surface area contributed by atoms with E-state index in [4.69, 9.17) is 16.3 Å². The van der Waals surface area contributed by atoms with Gasteiger partial charge in [-0.3, -0.25) is 0 Å². The summed E-state index contributed by atoms with van der Waals surface area (Å²) in [6.07, 6.45) is 1.71. The predicted octanol–water partition coefficient (Wildman–Crippen LogP) is 5.71. The number of aryl methyl sites for hydroxylation is 3. The van der Waals surface area contributed by atoms with Gasteiger partial charge >= 0.3 is 0 Å². The maximum Gasteiger partial charge on any atom is 0.215 e. The zero-order chi connectivity index (χ0) is 18.1. The fourth-order valence-corrected chi connectivity index (χ4v) is 3.08. The zero-order valence-corrected chi connectivity index (χ0v) is 15.5. The number of phenolic OH excluding ortho intramolecular Hbond substituents is 1. The van der Waals surface area contributed by atoms with Crippen molar-refractivity contribution in [1.82, 2.24) is 4.98 Å². The summed E-state index contributed by atoms with van der Waals surface area (Å²) in [6.45, 7) is 5.90. The Hall–Kier alpha value is -2.52. The number of aromatic nitrogens is 1. The Morgan fingerprint density at radius 1 is 0.920 bits per heavy atom. The first-order valence-corrected chi connectivity index (χ1v) is 8.39. The van der Waals surface area contributed by atoms with Crippen LogP contribution >= 0.6 is 11.6 Å². The number of aromatic hydroxyl groups is 1. The van der Waals surface area contributed by atoms with Gasteiger partial charge in [-0.2, -0.15) is 0 Å². The summed E-state index contributed by atoms with van der Waals surface area (Å²) in [5.41, 5.74) is 6.20. The molecule has 0 unspecified atom stereocenters. The Morgan fingerprint density at radius 2 is 1.60 bits per heavy atom. The molecule has 0 amide bonds. The van der Waals surface area contributed by atoms with E-state index in [0.29, 0.717) is 10.9 Å². The molecule has 3 aromatic rings. The van der Waals surface area contributed by atoms with E-state index in [1.807, 2.05) is 57.2 Å². The van der Waals surface area contributed by atoms with Crippen LogP contribution in [0.25, 0.3) is 22.3 Å². The van der Waals surface area contributed by atoms with Crippen molar-refractivity contribution in [2.45, 2.75) is 20.8 Å². The van der Waals surface area contributed by atoms with Gasteiger partial charge in [0, 0.05) is 33.5 Å². The van der Waals surface area contributed by atoms with Crippen molar-refractivity contribution < 1.29 is 9.84 Å². The molecule has 3 nitrogen and oxygen atoms in total. The van der Waals surface area contributed by atoms with E-state index in [1.165, 1.54) is 0 Å². The van der Waals surface area contributed by atoms with Crippen LogP contribution in [-0.2, 0) is 0 Å². The van der Waals surface area contributed by atoms with Crippen molar-refractivity contribution >= 4 is 11.6 Å². The van der Waals surface area contributed by atoms with Gasteiger partial charge in [-0.15, -0.1) is 0 Å². The second kappa shape index (κ2) is 6.77. The lowest BCUT2D eigenvalue weighted by atomic mass is 9.94. The van der Waals surface area contributed by atoms with Crippen LogP contribution in [0.3, 0.4) is 0 Å². The highest BCUT2D eigenvalue weighted by molar-refractivity contribution is 6.31. The molecule has 0 atom stereocenters. The zero-order valence-electron chi connectivity index (χ0n) is 14.7. The summed E-state index contributed by atoms with van der Waals surface area (Å²) >= 11 is 6.26. The highest BCUT2D eigenvalue weighted by Gasteiger charge is 2.14. The van der Waals surface area contributed by atoms with Crippen molar-refractivity contribution in [1.29, 1.82) is 0 Å². The first kappa shape index (κ1) is 17.3. The highest BCUT2D eigenvalue weighted by Crippen LogP contribution is 2.40. The topological polar surface area (TPSA) is 42.4 Å². The van der Waals surface area contributed by atoms with Crippen LogP contribution in [0.15, 0.2) is 42.6 Å². The van der Waals surface area contributed by atoms with Gasteiger partial charge in [0.25, 0.3) is 0 Å². The molecule has 0 aliphatic rings. The van der Waals surface area contributed by atoms with Gasteiger partial charge in [-0.05, 0) is 61.7 Å². The Balaban J connectivity index is 2.18. The summed E-state index contributed by atoms with van der Waals surface area (Å²) in [5.74, 6) is 0.804. The van der Waals surface area contributed by atoms with Gasteiger partial charge in [-0.25, -0.2) is 4.98 Å². The molecule has 2 aromatic carbocycles. The number of benzene rings is 2. The molecular formula is C21H20ClNO2. The van der Waals surface area contributed by atoms with Crippen LogP contribution < -0.4 is 4.74 Å². The van der Waals surface area contributed by atoms with E-state index in [2.05, 4.69) is 4.98 Å². The number of phenols is 1. The molecular weight excluding hydrogens is 334 g/mol. The summed E-state index contributed by atoms with van der Waals surface area (Å²) < 4.78 is 5.22. The summed E-state index contributed by atoms with van der Waals surface area (Å²) in [5, 5.41) is 11.6. The smallest absolute Gasteiger partial charge is 0.215 e. The molecule has 1 heterocycles. The molecule has 0 aliphatic carbocycles. The van der Waals surface area contributed by atoms with Crippen molar-refractivity contribution in [3.63, 3.8) is 0 Å². The summed E-state index contributed by atoms with van der Waals surface area (Å²) in [7, 11) is 1.60.